The van der Waals surface area contributed by atoms with Gasteiger partial charge in [0.1, 0.15) is 23.9 Å². The SMILES string of the molecule is O=C(Cn1ncn(-c2ccccc2)c1=O)N/N=C/c1ccc(OC(=O)C[C@@H]2SC(=O)NC2=O)cc1. The quantitative estimate of drug-likeness (QED) is 0.202. The van der Waals surface area contributed by atoms with Crippen LogP contribution in [0.25, 0.3) is 5.69 Å². The molecule has 13 heteroatoms. The Kier molecular flexibility index (Phi) is 7.16. The largest absolute Gasteiger partial charge is 0.426 e. The van der Waals surface area contributed by atoms with E-state index in [0.717, 1.165) is 16.4 Å². The van der Waals surface area contributed by atoms with Crippen molar-refractivity contribution in [1.29, 1.82) is 0 Å². The fraction of sp³-hybridized carbons (Fsp3) is 0.136. The lowest BCUT2D eigenvalue weighted by molar-refractivity contribution is -0.135. The summed E-state index contributed by atoms with van der Waals surface area (Å²) in [5.41, 5.74) is 3.10. The van der Waals surface area contributed by atoms with Gasteiger partial charge in [-0.25, -0.2) is 19.5 Å². The summed E-state index contributed by atoms with van der Waals surface area (Å²) in [6.07, 6.45) is 2.48. The molecule has 178 valence electrons. The van der Waals surface area contributed by atoms with Gasteiger partial charge in [-0.15, -0.1) is 0 Å². The van der Waals surface area contributed by atoms with Gasteiger partial charge in [-0.2, -0.15) is 10.2 Å². The lowest BCUT2D eigenvalue weighted by Crippen LogP contribution is -2.31. The number of hydrogen-bond acceptors (Lipinski definition) is 9. The van der Waals surface area contributed by atoms with E-state index in [-0.39, 0.29) is 18.7 Å². The van der Waals surface area contributed by atoms with Gasteiger partial charge < -0.3 is 4.74 Å². The molecule has 1 saturated heterocycles. The Hall–Kier alpha value is -4.52. The van der Waals surface area contributed by atoms with E-state index < -0.39 is 34.0 Å². The molecule has 12 nitrogen and oxygen atoms in total. The first-order valence-electron chi connectivity index (χ1n) is 10.2. The molecule has 4 rings (SSSR count). The third-order valence-corrected chi connectivity index (χ3v) is 5.68. The number of aromatic nitrogens is 3. The standard InChI is InChI=1S/C22H18N6O6S/c29-18(12-28-22(33)27(13-24-28)15-4-2-1-3-5-15)26-23-11-14-6-8-16(9-7-14)34-19(30)10-17-20(31)25-21(32)35-17/h1-9,11,13,17H,10,12H2,(H,26,29)(H,25,31,32)/b23-11+/t17-/m0/s1. The third kappa shape index (κ3) is 6.09. The molecule has 2 heterocycles. The first kappa shape index (κ1) is 23.6. The number of esters is 1. The van der Waals surface area contributed by atoms with Crippen molar-refractivity contribution in [1.82, 2.24) is 25.1 Å². The Morgan fingerprint density at radius 2 is 1.86 bits per heavy atom. The van der Waals surface area contributed by atoms with Crippen LogP contribution in [0.5, 0.6) is 5.75 Å². The molecule has 1 aliphatic rings. The third-order valence-electron chi connectivity index (χ3n) is 4.69. The molecule has 3 amide bonds. The van der Waals surface area contributed by atoms with Crippen molar-refractivity contribution in [2.45, 2.75) is 18.2 Å². The molecule has 2 aromatic carbocycles. The monoisotopic (exact) mass is 494 g/mol. The van der Waals surface area contributed by atoms with Crippen molar-refractivity contribution in [2.24, 2.45) is 5.10 Å². The lowest BCUT2D eigenvalue weighted by atomic mass is 10.2. The summed E-state index contributed by atoms with van der Waals surface area (Å²) < 4.78 is 7.51. The topological polar surface area (TPSA) is 154 Å². The van der Waals surface area contributed by atoms with Crippen LogP contribution in [0.15, 0.2) is 70.8 Å². The van der Waals surface area contributed by atoms with Crippen LogP contribution in [-0.4, -0.2) is 48.8 Å². The molecular weight excluding hydrogens is 476 g/mol. The van der Waals surface area contributed by atoms with Crippen LogP contribution in [0.4, 0.5) is 4.79 Å². The molecule has 0 unspecified atom stereocenters. The zero-order valence-electron chi connectivity index (χ0n) is 18.0. The first-order valence-corrected chi connectivity index (χ1v) is 11.1. The van der Waals surface area contributed by atoms with Crippen LogP contribution in [0.3, 0.4) is 0 Å². The summed E-state index contributed by atoms with van der Waals surface area (Å²) in [5.74, 6) is -1.45. The number of hydrogen-bond donors (Lipinski definition) is 2. The number of carbonyl (C=O) groups is 4. The van der Waals surface area contributed by atoms with E-state index in [4.69, 9.17) is 4.74 Å². The van der Waals surface area contributed by atoms with Crippen molar-refractivity contribution in [3.8, 4) is 11.4 Å². The number of nitrogens with one attached hydrogen (secondary N) is 2. The summed E-state index contributed by atoms with van der Waals surface area (Å²) in [4.78, 5) is 59.2. The second kappa shape index (κ2) is 10.6. The van der Waals surface area contributed by atoms with E-state index in [1.165, 1.54) is 29.2 Å². The predicted octanol–water partition coefficient (Wildman–Crippen LogP) is 0.831. The number of amides is 3. The van der Waals surface area contributed by atoms with Gasteiger partial charge in [-0.1, -0.05) is 30.0 Å². The molecule has 0 spiro atoms. The average molecular weight is 494 g/mol. The van der Waals surface area contributed by atoms with E-state index in [0.29, 0.717) is 11.3 Å². The Morgan fingerprint density at radius 3 is 2.54 bits per heavy atom. The van der Waals surface area contributed by atoms with Gasteiger partial charge in [0.15, 0.2) is 0 Å². The molecule has 35 heavy (non-hydrogen) atoms. The summed E-state index contributed by atoms with van der Waals surface area (Å²) in [5, 5.41) is 8.61. The summed E-state index contributed by atoms with van der Waals surface area (Å²) in [6.45, 7) is -0.312. The number of benzene rings is 2. The maximum absolute atomic E-state index is 12.4. The normalized spacial score (nSPS) is 15.3. The highest BCUT2D eigenvalue weighted by molar-refractivity contribution is 8.15. The Morgan fingerprint density at radius 1 is 1.11 bits per heavy atom. The van der Waals surface area contributed by atoms with E-state index in [2.05, 4.69) is 20.9 Å². The van der Waals surface area contributed by atoms with Crippen molar-refractivity contribution in [3.05, 3.63) is 77.0 Å². The van der Waals surface area contributed by atoms with Crippen LogP contribution in [0.2, 0.25) is 0 Å². The fourth-order valence-corrected chi connectivity index (χ4v) is 3.84. The molecule has 1 atom stereocenters. The van der Waals surface area contributed by atoms with Gasteiger partial charge in [-0.05, 0) is 42.0 Å². The Labute approximate surface area is 202 Å². The maximum atomic E-state index is 12.4. The minimum Gasteiger partial charge on any atom is -0.426 e. The van der Waals surface area contributed by atoms with E-state index in [1.54, 1.807) is 36.4 Å². The first-order chi connectivity index (χ1) is 16.9. The number of imide groups is 1. The van der Waals surface area contributed by atoms with E-state index in [1.807, 2.05) is 6.07 Å². The van der Waals surface area contributed by atoms with Crippen molar-refractivity contribution in [2.75, 3.05) is 0 Å². The van der Waals surface area contributed by atoms with Crippen LogP contribution in [0.1, 0.15) is 12.0 Å². The van der Waals surface area contributed by atoms with Gasteiger partial charge >= 0.3 is 11.7 Å². The molecule has 0 radical (unpaired) electrons. The molecule has 1 fully saturated rings. The fourth-order valence-electron chi connectivity index (χ4n) is 3.04. The number of nitrogens with zero attached hydrogens (tertiary/aromatic N) is 4. The van der Waals surface area contributed by atoms with Gasteiger partial charge in [-0.3, -0.25) is 24.5 Å². The second-order valence-corrected chi connectivity index (χ2v) is 8.38. The number of hydrazone groups is 1. The Balaban J connectivity index is 1.26. The highest BCUT2D eigenvalue weighted by Gasteiger charge is 2.33. The average Bonchev–Trinajstić information content (AvgIpc) is 3.35. The van der Waals surface area contributed by atoms with Crippen LogP contribution in [0, 0.1) is 0 Å². The maximum Gasteiger partial charge on any atom is 0.350 e. The second-order valence-electron chi connectivity index (χ2n) is 7.20. The van der Waals surface area contributed by atoms with Crippen molar-refractivity contribution >= 4 is 41.0 Å². The number of carbonyl (C=O) groups excluding carboxylic acids is 4. The van der Waals surface area contributed by atoms with Crippen LogP contribution < -0.4 is 21.2 Å². The molecule has 2 N–H and O–H groups in total. The lowest BCUT2D eigenvalue weighted by Gasteiger charge is -2.06. The van der Waals surface area contributed by atoms with Gasteiger partial charge in [0, 0.05) is 0 Å². The molecule has 1 aliphatic heterocycles. The highest BCUT2D eigenvalue weighted by Crippen LogP contribution is 2.23. The van der Waals surface area contributed by atoms with Crippen molar-refractivity contribution < 1.29 is 23.9 Å². The molecule has 1 aromatic heterocycles. The molecule has 0 bridgehead atoms. The molecule has 0 saturated carbocycles. The highest BCUT2D eigenvalue weighted by atomic mass is 32.2. The molecular formula is C22H18N6O6S. The summed E-state index contributed by atoms with van der Waals surface area (Å²) in [6, 6.07) is 15.1. The summed E-state index contributed by atoms with van der Waals surface area (Å²) >= 11 is 0.751. The number of ether oxygens (including phenoxy) is 1. The van der Waals surface area contributed by atoms with Crippen molar-refractivity contribution in [3.63, 3.8) is 0 Å². The van der Waals surface area contributed by atoms with Crippen LogP contribution in [-0.2, 0) is 20.9 Å². The van der Waals surface area contributed by atoms with Gasteiger partial charge in [0.2, 0.25) is 5.91 Å². The zero-order chi connectivity index (χ0) is 24.8. The molecule has 0 aliphatic carbocycles. The minimum absolute atomic E-state index is 0.232. The number of thioether (sulfide) groups is 1. The minimum atomic E-state index is -0.798. The number of para-hydroxylation sites is 1. The van der Waals surface area contributed by atoms with Crippen LogP contribution >= 0.6 is 11.8 Å². The van der Waals surface area contributed by atoms with E-state index in [9.17, 15) is 24.0 Å². The summed E-state index contributed by atoms with van der Waals surface area (Å²) in [7, 11) is 0. The van der Waals surface area contributed by atoms with Gasteiger partial charge in [0.25, 0.3) is 11.1 Å². The zero-order valence-corrected chi connectivity index (χ0v) is 18.8. The smallest absolute Gasteiger partial charge is 0.350 e. The van der Waals surface area contributed by atoms with E-state index >= 15 is 0 Å². The number of rotatable bonds is 8. The molecule has 3 aromatic rings. The predicted molar refractivity (Wildman–Crippen MR) is 125 cm³/mol. The Bertz CT molecular complexity index is 1350. The van der Waals surface area contributed by atoms with Gasteiger partial charge in [0.05, 0.1) is 18.3 Å².